The molecule has 3 aromatic carbocycles. The molecule has 0 amide bonds. The Morgan fingerprint density at radius 1 is 1.02 bits per heavy atom. The highest BCUT2D eigenvalue weighted by Gasteiger charge is 2.31. The van der Waals surface area contributed by atoms with Crippen molar-refractivity contribution < 1.29 is 32.5 Å². The monoisotopic (exact) mass is 566 g/mol. The SMILES string of the molecule is CF.COc1ccc(F)c(-c2ccc(COc3ccc4c(c3F)C(CC(=O)O)CCC4)cc2C2=CCCC2(C)C)c1. The predicted molar refractivity (Wildman–Crippen MR) is 155 cm³/mol. The van der Waals surface area contributed by atoms with Crippen LogP contribution in [0.4, 0.5) is 13.2 Å². The minimum Gasteiger partial charge on any atom is -0.497 e. The summed E-state index contributed by atoms with van der Waals surface area (Å²) in [7, 11) is 2.06. The van der Waals surface area contributed by atoms with E-state index in [4.69, 9.17) is 9.47 Å². The quantitative estimate of drug-likeness (QED) is 0.296. The largest absolute Gasteiger partial charge is 0.497 e. The van der Waals surface area contributed by atoms with E-state index in [1.54, 1.807) is 25.3 Å². The van der Waals surface area contributed by atoms with Crippen molar-refractivity contribution in [1.82, 2.24) is 0 Å². The van der Waals surface area contributed by atoms with Gasteiger partial charge >= 0.3 is 5.97 Å². The molecule has 2 aliphatic rings. The van der Waals surface area contributed by atoms with Crippen molar-refractivity contribution in [1.29, 1.82) is 0 Å². The van der Waals surface area contributed by atoms with Crippen LogP contribution in [0.2, 0.25) is 0 Å². The number of allylic oxidation sites excluding steroid dienone is 2. The number of rotatable bonds is 8. The van der Waals surface area contributed by atoms with E-state index in [2.05, 4.69) is 19.9 Å². The smallest absolute Gasteiger partial charge is 0.303 e. The number of halogens is 3. The molecule has 7 heteroatoms. The number of carboxylic acids is 1. The molecule has 5 rings (SSSR count). The summed E-state index contributed by atoms with van der Waals surface area (Å²) in [5.74, 6) is -1.37. The molecule has 0 heterocycles. The van der Waals surface area contributed by atoms with E-state index in [-0.39, 0.29) is 35.9 Å². The van der Waals surface area contributed by atoms with Gasteiger partial charge in [-0.25, -0.2) is 8.78 Å². The molecule has 0 spiro atoms. The molecule has 0 fully saturated rings. The lowest BCUT2D eigenvalue weighted by Crippen LogP contribution is -2.16. The van der Waals surface area contributed by atoms with Crippen LogP contribution in [-0.2, 0) is 17.8 Å². The molecule has 3 aromatic rings. The molecule has 0 saturated heterocycles. The maximum Gasteiger partial charge on any atom is 0.303 e. The number of benzene rings is 3. The van der Waals surface area contributed by atoms with Crippen molar-refractivity contribution in [3.8, 4) is 22.6 Å². The molecular weight excluding hydrogens is 529 g/mol. The summed E-state index contributed by atoms with van der Waals surface area (Å²) in [6.45, 7) is 4.51. The van der Waals surface area contributed by atoms with E-state index >= 15 is 8.78 Å². The molecule has 1 N–H and O–H groups in total. The van der Waals surface area contributed by atoms with E-state index in [1.807, 2.05) is 24.3 Å². The van der Waals surface area contributed by atoms with Crippen LogP contribution in [0.5, 0.6) is 11.5 Å². The van der Waals surface area contributed by atoms with E-state index in [0.29, 0.717) is 30.5 Å². The summed E-state index contributed by atoms with van der Waals surface area (Å²) in [4.78, 5) is 11.4. The topological polar surface area (TPSA) is 55.8 Å². The first-order valence-corrected chi connectivity index (χ1v) is 13.9. The second-order valence-corrected chi connectivity index (χ2v) is 11.2. The number of carbonyl (C=O) groups is 1. The van der Waals surface area contributed by atoms with Crippen molar-refractivity contribution in [3.05, 3.63) is 88.5 Å². The minimum atomic E-state index is -0.928. The fraction of sp³-hybridized carbons (Fsp3) is 0.382. The fourth-order valence-corrected chi connectivity index (χ4v) is 6.08. The standard InChI is InChI=1S/C33H34F2O4.CH3F/c1-33(2)15-5-8-27(33)25-16-20(9-12-24(25)26-18-23(38-3)11-13-28(26)34)19-39-29-14-10-21-6-4-7-22(17-30(36)37)31(21)32(29)35;1-2/h8-14,16,18,22H,4-7,15,17,19H2,1-3H3,(H,36,37);1H3. The zero-order valence-corrected chi connectivity index (χ0v) is 24.0. The lowest BCUT2D eigenvalue weighted by atomic mass is 9.79. The van der Waals surface area contributed by atoms with Crippen LogP contribution in [-0.4, -0.2) is 25.4 Å². The maximum absolute atomic E-state index is 15.6. The van der Waals surface area contributed by atoms with E-state index in [0.717, 1.165) is 53.5 Å². The molecule has 218 valence electrons. The number of fused-ring (bicyclic) bond motifs is 1. The summed E-state index contributed by atoms with van der Waals surface area (Å²) < 4.78 is 51.5. The Morgan fingerprint density at radius 2 is 1.80 bits per heavy atom. The molecule has 41 heavy (non-hydrogen) atoms. The minimum absolute atomic E-state index is 0.0761. The molecule has 0 radical (unpaired) electrons. The first kappa shape index (κ1) is 30.2. The Labute approximate surface area is 239 Å². The van der Waals surface area contributed by atoms with Gasteiger partial charge in [0, 0.05) is 5.56 Å². The van der Waals surface area contributed by atoms with Crippen molar-refractivity contribution in [3.63, 3.8) is 0 Å². The fourth-order valence-electron chi connectivity index (χ4n) is 6.08. The molecule has 0 saturated carbocycles. The first-order chi connectivity index (χ1) is 19.7. The van der Waals surface area contributed by atoms with Crippen molar-refractivity contribution in [2.75, 3.05) is 14.3 Å². The lowest BCUT2D eigenvalue weighted by Gasteiger charge is -2.26. The van der Waals surface area contributed by atoms with Crippen LogP contribution in [0.1, 0.15) is 74.1 Å². The van der Waals surface area contributed by atoms with E-state index in [9.17, 15) is 14.3 Å². The first-order valence-electron chi connectivity index (χ1n) is 13.9. The number of aliphatic carboxylic acids is 1. The molecule has 2 aliphatic carbocycles. The maximum atomic E-state index is 15.6. The summed E-state index contributed by atoms with van der Waals surface area (Å²) in [6, 6.07) is 14.0. The summed E-state index contributed by atoms with van der Waals surface area (Å²) in [5.41, 5.74) is 5.41. The molecule has 0 aliphatic heterocycles. The van der Waals surface area contributed by atoms with Gasteiger partial charge in [0.05, 0.1) is 20.7 Å². The van der Waals surface area contributed by atoms with Gasteiger partial charge in [-0.1, -0.05) is 38.1 Å². The van der Waals surface area contributed by atoms with E-state index in [1.165, 1.54) is 6.07 Å². The third-order valence-corrected chi connectivity index (χ3v) is 8.14. The number of aryl methyl sites for hydroxylation is 1. The van der Waals surface area contributed by atoms with Gasteiger partial charge in [-0.15, -0.1) is 0 Å². The molecule has 0 aromatic heterocycles. The second kappa shape index (κ2) is 12.8. The predicted octanol–water partition coefficient (Wildman–Crippen LogP) is 8.90. The zero-order valence-electron chi connectivity index (χ0n) is 24.0. The Morgan fingerprint density at radius 3 is 2.49 bits per heavy atom. The molecule has 1 atom stereocenters. The number of hydrogen-bond donors (Lipinski definition) is 1. The second-order valence-electron chi connectivity index (χ2n) is 11.2. The van der Waals surface area contributed by atoms with Gasteiger partial charge in [0.25, 0.3) is 0 Å². The van der Waals surface area contributed by atoms with Crippen LogP contribution in [0, 0.1) is 17.0 Å². The highest BCUT2D eigenvalue weighted by atomic mass is 19.1. The lowest BCUT2D eigenvalue weighted by molar-refractivity contribution is -0.137. The van der Waals surface area contributed by atoms with Crippen LogP contribution < -0.4 is 9.47 Å². The Balaban J connectivity index is 0.00000189. The Bertz CT molecular complexity index is 1440. The van der Waals surface area contributed by atoms with Crippen LogP contribution in [0.15, 0.2) is 54.6 Å². The van der Waals surface area contributed by atoms with Gasteiger partial charge in [0.15, 0.2) is 11.6 Å². The number of hydrogen-bond acceptors (Lipinski definition) is 3. The van der Waals surface area contributed by atoms with Crippen LogP contribution in [0.3, 0.4) is 0 Å². The number of ether oxygens (including phenoxy) is 2. The average molecular weight is 567 g/mol. The van der Waals surface area contributed by atoms with Crippen molar-refractivity contribution in [2.45, 2.75) is 64.9 Å². The third-order valence-electron chi connectivity index (χ3n) is 8.14. The van der Waals surface area contributed by atoms with Gasteiger partial charge < -0.3 is 14.6 Å². The van der Waals surface area contributed by atoms with E-state index < -0.39 is 11.8 Å². The Hall–Kier alpha value is -3.74. The number of methoxy groups -OCH3 is 1. The average Bonchev–Trinajstić information content (AvgIpc) is 3.32. The normalized spacial score (nSPS) is 17.1. The van der Waals surface area contributed by atoms with Gasteiger partial charge in [-0.05, 0) is 107 Å². The number of carboxylic acid groups (broad SMARTS) is 1. The van der Waals surface area contributed by atoms with Crippen molar-refractivity contribution >= 4 is 11.5 Å². The molecule has 1 unspecified atom stereocenters. The molecule has 0 bridgehead atoms. The van der Waals surface area contributed by atoms with Gasteiger partial charge in [0.2, 0.25) is 0 Å². The van der Waals surface area contributed by atoms with Crippen molar-refractivity contribution in [2.24, 2.45) is 5.41 Å². The number of alkyl halides is 1. The zero-order chi connectivity index (χ0) is 29.7. The third kappa shape index (κ3) is 6.45. The highest BCUT2D eigenvalue weighted by molar-refractivity contribution is 5.85. The van der Waals surface area contributed by atoms with Crippen LogP contribution >= 0.6 is 0 Å². The molecule has 4 nitrogen and oxygen atoms in total. The summed E-state index contributed by atoms with van der Waals surface area (Å²) in [6.07, 6.45) is 6.30. The summed E-state index contributed by atoms with van der Waals surface area (Å²) >= 11 is 0. The van der Waals surface area contributed by atoms with Gasteiger partial charge in [-0.2, -0.15) is 0 Å². The summed E-state index contributed by atoms with van der Waals surface area (Å²) in [5, 5.41) is 9.32. The molecular formula is C34H37F3O4. The van der Waals surface area contributed by atoms with Gasteiger partial charge in [-0.3, -0.25) is 9.18 Å². The highest BCUT2D eigenvalue weighted by Crippen LogP contribution is 2.47. The Kier molecular flexibility index (Phi) is 9.46. The van der Waals surface area contributed by atoms with Gasteiger partial charge in [0.1, 0.15) is 18.2 Å². The van der Waals surface area contributed by atoms with Crippen LogP contribution in [0.25, 0.3) is 16.7 Å².